The fraction of sp³-hybridized carbons (Fsp3) is 0.429. The van der Waals surface area contributed by atoms with Crippen molar-refractivity contribution in [1.29, 1.82) is 5.26 Å². The Hall–Kier alpha value is -2.06. The lowest BCUT2D eigenvalue weighted by Crippen LogP contribution is -2.34. The molecule has 0 unspecified atom stereocenters. The average molecular weight is 259 g/mol. The number of ether oxygens (including phenoxy) is 1. The number of nitrogens with zero attached hydrogens (tertiary/aromatic N) is 1. The Morgan fingerprint density at radius 2 is 2.32 bits per heavy atom. The Bertz CT molecular complexity index is 504. The predicted octanol–water partition coefficient (Wildman–Crippen LogP) is 0.935. The first kappa shape index (κ1) is 13.4. The summed E-state index contributed by atoms with van der Waals surface area (Å²) in [6, 6.07) is 7.85. The Morgan fingerprint density at radius 3 is 2.95 bits per heavy atom. The lowest BCUT2D eigenvalue weighted by molar-refractivity contribution is -0.120. The average Bonchev–Trinajstić information content (AvgIpc) is 3.22. The van der Waals surface area contributed by atoms with Gasteiger partial charge in [0.05, 0.1) is 19.2 Å². The van der Waals surface area contributed by atoms with Crippen LogP contribution in [0.5, 0.6) is 5.75 Å². The molecule has 100 valence electrons. The standard InChI is InChI=1S/C14H17N3O2/c1-19-13-6-10(2-3-11(13)7-15)8-16-9-14(18)17-12-4-5-12/h2-3,6,12,16H,4-5,8-9H2,1H3,(H,17,18). The normalized spacial score (nSPS) is 13.7. The van der Waals surface area contributed by atoms with Crippen LogP contribution in [0.1, 0.15) is 24.0 Å². The summed E-state index contributed by atoms with van der Waals surface area (Å²) in [6.45, 7) is 0.874. The van der Waals surface area contributed by atoms with Crippen LogP contribution >= 0.6 is 0 Å². The van der Waals surface area contributed by atoms with E-state index in [4.69, 9.17) is 10.00 Å². The van der Waals surface area contributed by atoms with Gasteiger partial charge in [0.25, 0.3) is 0 Å². The maximum Gasteiger partial charge on any atom is 0.234 e. The van der Waals surface area contributed by atoms with Crippen molar-refractivity contribution in [2.75, 3.05) is 13.7 Å². The first-order valence-corrected chi connectivity index (χ1v) is 6.30. The Balaban J connectivity index is 1.82. The van der Waals surface area contributed by atoms with Gasteiger partial charge in [0.2, 0.25) is 5.91 Å². The van der Waals surface area contributed by atoms with Crippen LogP contribution in [0.3, 0.4) is 0 Å². The molecule has 1 saturated carbocycles. The van der Waals surface area contributed by atoms with Crippen LogP contribution in [0.2, 0.25) is 0 Å². The molecule has 0 radical (unpaired) electrons. The van der Waals surface area contributed by atoms with E-state index in [1.54, 1.807) is 6.07 Å². The number of carbonyl (C=O) groups excluding carboxylic acids is 1. The van der Waals surface area contributed by atoms with Gasteiger partial charge in [-0.2, -0.15) is 5.26 Å². The van der Waals surface area contributed by atoms with Gasteiger partial charge in [-0.3, -0.25) is 4.79 Å². The number of amides is 1. The molecule has 0 aliphatic heterocycles. The van der Waals surface area contributed by atoms with Gasteiger partial charge < -0.3 is 15.4 Å². The molecule has 2 N–H and O–H groups in total. The van der Waals surface area contributed by atoms with E-state index in [1.807, 2.05) is 12.1 Å². The van der Waals surface area contributed by atoms with Crippen LogP contribution in [0.4, 0.5) is 0 Å². The van der Waals surface area contributed by atoms with Gasteiger partial charge in [-0.05, 0) is 30.5 Å². The Kier molecular flexibility index (Phi) is 4.37. The maximum absolute atomic E-state index is 11.5. The van der Waals surface area contributed by atoms with Gasteiger partial charge in [-0.25, -0.2) is 0 Å². The zero-order chi connectivity index (χ0) is 13.7. The Labute approximate surface area is 112 Å². The molecule has 1 aromatic rings. The second-order valence-electron chi connectivity index (χ2n) is 4.59. The smallest absolute Gasteiger partial charge is 0.234 e. The lowest BCUT2D eigenvalue weighted by Gasteiger charge is -2.08. The Morgan fingerprint density at radius 1 is 1.53 bits per heavy atom. The van der Waals surface area contributed by atoms with Crippen molar-refractivity contribution < 1.29 is 9.53 Å². The third-order valence-electron chi connectivity index (χ3n) is 2.94. The minimum Gasteiger partial charge on any atom is -0.495 e. The highest BCUT2D eigenvalue weighted by atomic mass is 16.5. The van der Waals surface area contributed by atoms with Gasteiger partial charge in [-0.15, -0.1) is 0 Å². The van der Waals surface area contributed by atoms with Crippen molar-refractivity contribution in [3.63, 3.8) is 0 Å². The van der Waals surface area contributed by atoms with E-state index in [2.05, 4.69) is 16.7 Å². The molecule has 1 fully saturated rings. The molecule has 0 aromatic heterocycles. The van der Waals surface area contributed by atoms with E-state index in [0.29, 0.717) is 30.4 Å². The van der Waals surface area contributed by atoms with E-state index in [1.165, 1.54) is 7.11 Å². The fourth-order valence-electron chi connectivity index (χ4n) is 1.76. The predicted molar refractivity (Wildman–Crippen MR) is 70.6 cm³/mol. The second-order valence-corrected chi connectivity index (χ2v) is 4.59. The van der Waals surface area contributed by atoms with Crippen molar-refractivity contribution in [3.05, 3.63) is 29.3 Å². The van der Waals surface area contributed by atoms with E-state index >= 15 is 0 Å². The number of benzene rings is 1. The van der Waals surface area contributed by atoms with Gasteiger partial charge in [0.15, 0.2) is 0 Å². The van der Waals surface area contributed by atoms with E-state index in [0.717, 1.165) is 18.4 Å². The highest BCUT2D eigenvalue weighted by Crippen LogP contribution is 2.19. The quantitative estimate of drug-likeness (QED) is 0.797. The largest absolute Gasteiger partial charge is 0.495 e. The molecule has 5 nitrogen and oxygen atoms in total. The summed E-state index contributed by atoms with van der Waals surface area (Å²) >= 11 is 0. The molecule has 19 heavy (non-hydrogen) atoms. The SMILES string of the molecule is COc1cc(CNCC(=O)NC2CC2)ccc1C#N. The summed E-state index contributed by atoms with van der Waals surface area (Å²) in [4.78, 5) is 11.5. The van der Waals surface area contributed by atoms with E-state index in [-0.39, 0.29) is 5.91 Å². The van der Waals surface area contributed by atoms with Crippen LogP contribution in [-0.2, 0) is 11.3 Å². The number of nitrogens with one attached hydrogen (secondary N) is 2. The second kappa shape index (κ2) is 6.21. The van der Waals surface area contributed by atoms with Gasteiger partial charge in [0, 0.05) is 12.6 Å². The van der Waals surface area contributed by atoms with Gasteiger partial charge in [-0.1, -0.05) is 6.07 Å². The lowest BCUT2D eigenvalue weighted by atomic mass is 10.1. The van der Waals surface area contributed by atoms with Crippen LogP contribution in [0.15, 0.2) is 18.2 Å². The summed E-state index contributed by atoms with van der Waals surface area (Å²) in [7, 11) is 1.54. The molecular weight excluding hydrogens is 242 g/mol. The molecule has 1 aliphatic carbocycles. The number of methoxy groups -OCH3 is 1. The van der Waals surface area contributed by atoms with Crippen LogP contribution in [0.25, 0.3) is 0 Å². The van der Waals surface area contributed by atoms with Crippen LogP contribution in [-0.4, -0.2) is 25.6 Å². The van der Waals surface area contributed by atoms with Crippen molar-refractivity contribution in [2.45, 2.75) is 25.4 Å². The van der Waals surface area contributed by atoms with Crippen molar-refractivity contribution in [2.24, 2.45) is 0 Å². The molecule has 0 spiro atoms. The van der Waals surface area contributed by atoms with E-state index in [9.17, 15) is 4.79 Å². The molecule has 1 aliphatic rings. The maximum atomic E-state index is 11.5. The molecule has 1 aromatic carbocycles. The summed E-state index contributed by atoms with van der Waals surface area (Å²) in [6.07, 6.45) is 2.19. The van der Waals surface area contributed by atoms with Crippen molar-refractivity contribution in [3.8, 4) is 11.8 Å². The zero-order valence-electron chi connectivity index (χ0n) is 10.9. The monoisotopic (exact) mass is 259 g/mol. The van der Waals surface area contributed by atoms with Crippen molar-refractivity contribution >= 4 is 5.91 Å². The molecule has 2 rings (SSSR count). The fourth-order valence-corrected chi connectivity index (χ4v) is 1.76. The summed E-state index contributed by atoms with van der Waals surface area (Å²) in [5.74, 6) is 0.590. The van der Waals surface area contributed by atoms with E-state index < -0.39 is 0 Å². The molecular formula is C14H17N3O2. The van der Waals surface area contributed by atoms with Crippen LogP contribution < -0.4 is 15.4 Å². The summed E-state index contributed by atoms with van der Waals surface area (Å²) in [5, 5.41) is 14.9. The minimum absolute atomic E-state index is 0.0307. The molecule has 0 heterocycles. The molecule has 0 saturated heterocycles. The van der Waals surface area contributed by atoms with Gasteiger partial charge in [0.1, 0.15) is 11.8 Å². The van der Waals surface area contributed by atoms with Crippen LogP contribution in [0, 0.1) is 11.3 Å². The topological polar surface area (TPSA) is 74.2 Å². The first-order valence-electron chi connectivity index (χ1n) is 6.30. The number of carbonyl (C=O) groups is 1. The number of hydrogen-bond donors (Lipinski definition) is 2. The third kappa shape index (κ3) is 3.97. The zero-order valence-corrected chi connectivity index (χ0v) is 10.9. The third-order valence-corrected chi connectivity index (χ3v) is 2.94. The molecule has 1 amide bonds. The first-order chi connectivity index (χ1) is 9.22. The molecule has 5 heteroatoms. The number of hydrogen-bond acceptors (Lipinski definition) is 4. The number of nitriles is 1. The highest BCUT2D eigenvalue weighted by molar-refractivity contribution is 5.78. The number of rotatable bonds is 6. The van der Waals surface area contributed by atoms with Gasteiger partial charge >= 0.3 is 0 Å². The molecule has 0 atom stereocenters. The highest BCUT2D eigenvalue weighted by Gasteiger charge is 2.22. The molecule has 0 bridgehead atoms. The minimum atomic E-state index is 0.0307. The summed E-state index contributed by atoms with van der Waals surface area (Å²) < 4.78 is 5.14. The van der Waals surface area contributed by atoms with Crippen molar-refractivity contribution in [1.82, 2.24) is 10.6 Å². The summed E-state index contributed by atoms with van der Waals surface area (Å²) in [5.41, 5.74) is 1.49.